The summed E-state index contributed by atoms with van der Waals surface area (Å²) in [4.78, 5) is 21.5. The van der Waals surface area contributed by atoms with Gasteiger partial charge in [0.1, 0.15) is 11.5 Å². The number of ether oxygens (including phenoxy) is 1. The van der Waals surface area contributed by atoms with E-state index in [0.29, 0.717) is 16.8 Å². The minimum atomic E-state index is -0.517. The number of hydrogen-bond donors (Lipinski definition) is 2. The van der Waals surface area contributed by atoms with Crippen molar-refractivity contribution in [1.82, 2.24) is 9.97 Å². The molecule has 0 aliphatic carbocycles. The number of oxazole rings is 1. The first-order valence-electron chi connectivity index (χ1n) is 8.87. The predicted octanol–water partition coefficient (Wildman–Crippen LogP) is 6.56. The number of thiazole rings is 1. The van der Waals surface area contributed by atoms with E-state index in [1.54, 1.807) is 30.6 Å². The Morgan fingerprint density at radius 1 is 1.13 bits per heavy atom. The van der Waals surface area contributed by atoms with Crippen LogP contribution in [0.4, 0.5) is 15.6 Å². The van der Waals surface area contributed by atoms with Crippen LogP contribution in [0, 0.1) is 0 Å². The van der Waals surface area contributed by atoms with E-state index < -0.39 is 6.03 Å². The summed E-state index contributed by atoms with van der Waals surface area (Å²) >= 11 is 13.6. The maximum Gasteiger partial charge on any atom is 0.325 e. The molecule has 0 saturated heterocycles. The molecular weight excluding hydrogens is 447 g/mol. The summed E-state index contributed by atoms with van der Waals surface area (Å²) in [5.74, 6) is 1.80. The molecule has 2 heterocycles. The van der Waals surface area contributed by atoms with Crippen LogP contribution in [0.25, 0.3) is 12.2 Å². The Bertz CT molecular complexity index is 1060. The highest BCUT2D eigenvalue weighted by Gasteiger charge is 2.18. The van der Waals surface area contributed by atoms with Crippen LogP contribution < -0.4 is 15.4 Å². The van der Waals surface area contributed by atoms with E-state index in [-0.39, 0.29) is 21.1 Å². The van der Waals surface area contributed by atoms with Crippen molar-refractivity contribution in [3.63, 3.8) is 0 Å². The first-order chi connectivity index (χ1) is 14.2. The first kappa shape index (κ1) is 22.1. The second kappa shape index (κ2) is 9.07. The highest BCUT2D eigenvalue weighted by Crippen LogP contribution is 2.35. The van der Waals surface area contributed by atoms with Gasteiger partial charge in [0.15, 0.2) is 5.13 Å². The lowest BCUT2D eigenvalue weighted by Gasteiger charge is -2.12. The zero-order valence-electron chi connectivity index (χ0n) is 16.7. The van der Waals surface area contributed by atoms with Crippen molar-refractivity contribution in [3.05, 3.63) is 51.1 Å². The molecule has 0 fully saturated rings. The summed E-state index contributed by atoms with van der Waals surface area (Å²) in [5, 5.41) is 6.20. The van der Waals surface area contributed by atoms with Gasteiger partial charge in [-0.15, -0.1) is 0 Å². The lowest BCUT2D eigenvalue weighted by Crippen LogP contribution is -2.19. The van der Waals surface area contributed by atoms with Crippen molar-refractivity contribution in [2.24, 2.45) is 0 Å². The van der Waals surface area contributed by atoms with Crippen LogP contribution >= 0.6 is 34.5 Å². The van der Waals surface area contributed by atoms with Gasteiger partial charge in [-0.05, 0) is 6.08 Å². The Balaban J connectivity index is 1.63. The molecule has 3 aromatic rings. The van der Waals surface area contributed by atoms with Crippen molar-refractivity contribution in [2.75, 3.05) is 17.7 Å². The third-order valence-electron chi connectivity index (χ3n) is 3.89. The van der Waals surface area contributed by atoms with Crippen molar-refractivity contribution in [3.8, 4) is 5.75 Å². The number of carbonyl (C=O) groups excluding carboxylic acids is 1. The molecule has 0 bridgehead atoms. The molecule has 0 aliphatic rings. The number of aromatic nitrogens is 2. The molecule has 30 heavy (non-hydrogen) atoms. The average molecular weight is 467 g/mol. The van der Waals surface area contributed by atoms with Crippen molar-refractivity contribution in [1.29, 1.82) is 0 Å². The van der Waals surface area contributed by atoms with Crippen LogP contribution in [0.2, 0.25) is 10.0 Å². The normalized spacial score (nSPS) is 11.7. The van der Waals surface area contributed by atoms with Crippen LogP contribution in [-0.4, -0.2) is 23.1 Å². The minimum Gasteiger partial charge on any atom is -0.497 e. The second-order valence-corrected chi connectivity index (χ2v) is 9.14. The Kier molecular flexibility index (Phi) is 6.70. The average Bonchev–Trinajstić information content (AvgIpc) is 3.32. The number of urea groups is 1. The highest BCUT2D eigenvalue weighted by atomic mass is 35.5. The maximum atomic E-state index is 12.3. The number of carbonyl (C=O) groups is 1. The van der Waals surface area contributed by atoms with Crippen molar-refractivity contribution in [2.45, 2.75) is 26.2 Å². The zero-order chi connectivity index (χ0) is 21.9. The highest BCUT2D eigenvalue weighted by molar-refractivity contribution is 7.16. The molecule has 3 rings (SSSR count). The van der Waals surface area contributed by atoms with Gasteiger partial charge in [-0.25, -0.2) is 14.8 Å². The molecule has 0 radical (unpaired) electrons. The molecule has 7 nitrogen and oxygen atoms in total. The number of hydrogen-bond acceptors (Lipinski definition) is 6. The van der Waals surface area contributed by atoms with Crippen molar-refractivity contribution >= 4 is 63.5 Å². The Labute approximate surface area is 188 Å². The number of benzene rings is 1. The van der Waals surface area contributed by atoms with Crippen LogP contribution in [0.3, 0.4) is 0 Å². The molecule has 2 N–H and O–H groups in total. The Hall–Kier alpha value is -2.55. The van der Waals surface area contributed by atoms with Gasteiger partial charge in [-0.1, -0.05) is 55.3 Å². The van der Waals surface area contributed by atoms with Gasteiger partial charge in [0.25, 0.3) is 0 Å². The van der Waals surface area contributed by atoms with Gasteiger partial charge in [-0.2, -0.15) is 0 Å². The molecule has 10 heteroatoms. The van der Waals surface area contributed by atoms with E-state index >= 15 is 0 Å². The summed E-state index contributed by atoms with van der Waals surface area (Å²) in [5.41, 5.74) is 0.177. The number of nitrogens with zero attached hydrogens (tertiary/aromatic N) is 2. The molecule has 0 aliphatic heterocycles. The number of amides is 2. The van der Waals surface area contributed by atoms with E-state index in [2.05, 4.69) is 41.4 Å². The third kappa shape index (κ3) is 5.53. The molecule has 0 spiro atoms. The molecule has 0 unspecified atom stereocenters. The summed E-state index contributed by atoms with van der Waals surface area (Å²) < 4.78 is 10.8. The largest absolute Gasteiger partial charge is 0.497 e. The topological polar surface area (TPSA) is 89.3 Å². The first-order valence-corrected chi connectivity index (χ1v) is 10.4. The number of rotatable bonds is 5. The second-order valence-electron chi connectivity index (χ2n) is 7.26. The Morgan fingerprint density at radius 3 is 2.43 bits per heavy atom. The lowest BCUT2D eigenvalue weighted by molar-refractivity contribution is 0.262. The van der Waals surface area contributed by atoms with Crippen LogP contribution in [-0.2, 0) is 5.41 Å². The van der Waals surface area contributed by atoms with Gasteiger partial charge in [-0.3, -0.25) is 5.32 Å². The monoisotopic (exact) mass is 466 g/mol. The smallest absolute Gasteiger partial charge is 0.325 e. The quantitative estimate of drug-likeness (QED) is 0.444. The predicted molar refractivity (Wildman–Crippen MR) is 122 cm³/mol. The number of anilines is 2. The summed E-state index contributed by atoms with van der Waals surface area (Å²) in [7, 11) is 1.50. The molecule has 158 valence electrons. The molecular formula is C20H20Cl2N4O3S. The molecule has 2 aromatic heterocycles. The van der Waals surface area contributed by atoms with Gasteiger partial charge < -0.3 is 14.5 Å². The number of methoxy groups -OCH3 is 1. The van der Waals surface area contributed by atoms with Gasteiger partial charge >= 0.3 is 6.03 Å². The Morgan fingerprint density at radius 2 is 1.83 bits per heavy atom. The lowest BCUT2D eigenvalue weighted by atomic mass is 9.94. The summed E-state index contributed by atoms with van der Waals surface area (Å²) in [6.45, 7) is 6.17. The van der Waals surface area contributed by atoms with E-state index in [1.165, 1.54) is 18.4 Å². The minimum absolute atomic E-state index is 0.107. The molecule has 0 atom stereocenters. The fourth-order valence-electron chi connectivity index (χ4n) is 2.32. The molecule has 0 saturated carbocycles. The zero-order valence-corrected chi connectivity index (χ0v) is 19.1. The van der Waals surface area contributed by atoms with Gasteiger partial charge in [0.2, 0.25) is 5.89 Å². The van der Waals surface area contributed by atoms with Gasteiger partial charge in [0, 0.05) is 34.7 Å². The van der Waals surface area contributed by atoms with E-state index in [1.807, 2.05) is 6.08 Å². The van der Waals surface area contributed by atoms with E-state index in [0.717, 1.165) is 10.6 Å². The number of nitrogens with one attached hydrogen (secondary N) is 2. The van der Waals surface area contributed by atoms with Crippen LogP contribution in [0.1, 0.15) is 37.3 Å². The van der Waals surface area contributed by atoms with Gasteiger partial charge in [0.05, 0.1) is 29.0 Å². The SMILES string of the molecule is COc1cc(Cl)c(NC(=O)Nc2ncc(/C=C/c3ncc(C(C)(C)C)o3)s2)c(Cl)c1. The standard InChI is InChI=1S/C20H20Cl2N4O3S/c1-20(2,3)15-10-23-16(29-15)6-5-12-9-24-19(30-12)26-18(27)25-17-13(21)7-11(28-4)8-14(17)22/h5-10H,1-4H3,(H2,24,25,26,27)/b6-5+. The van der Waals surface area contributed by atoms with Crippen molar-refractivity contribution < 1.29 is 13.9 Å². The summed E-state index contributed by atoms with van der Waals surface area (Å²) in [6.07, 6.45) is 6.93. The fourth-order valence-corrected chi connectivity index (χ4v) is 3.59. The molecule has 1 aromatic carbocycles. The fraction of sp³-hybridized carbons (Fsp3) is 0.250. The number of halogens is 2. The van der Waals surface area contributed by atoms with E-state index in [9.17, 15) is 4.79 Å². The summed E-state index contributed by atoms with van der Waals surface area (Å²) in [6, 6.07) is 2.60. The van der Waals surface area contributed by atoms with Crippen LogP contribution in [0.5, 0.6) is 5.75 Å². The molecule has 2 amide bonds. The van der Waals surface area contributed by atoms with Crippen LogP contribution in [0.15, 0.2) is 28.9 Å². The third-order valence-corrected chi connectivity index (χ3v) is 5.36. The maximum absolute atomic E-state index is 12.3. The van der Waals surface area contributed by atoms with E-state index in [4.69, 9.17) is 32.4 Å².